The number of likely N-dealkylation sites (tertiary alicyclic amines) is 1. The van der Waals surface area contributed by atoms with E-state index < -0.39 is 5.97 Å². The lowest BCUT2D eigenvalue weighted by Crippen LogP contribution is -2.39. The van der Waals surface area contributed by atoms with Gasteiger partial charge in [-0.15, -0.1) is 0 Å². The van der Waals surface area contributed by atoms with Gasteiger partial charge in [0.15, 0.2) is 6.61 Å². The van der Waals surface area contributed by atoms with E-state index in [1.165, 1.54) is 6.08 Å². The summed E-state index contributed by atoms with van der Waals surface area (Å²) in [5.74, 6) is -0.557. The molecular formula is C21H27NO3. The Hall–Kier alpha value is -2.10. The van der Waals surface area contributed by atoms with Gasteiger partial charge in [-0.1, -0.05) is 51.1 Å². The first kappa shape index (κ1) is 17.7. The van der Waals surface area contributed by atoms with E-state index in [1.807, 2.05) is 35.2 Å². The van der Waals surface area contributed by atoms with Crippen LogP contribution in [0.1, 0.15) is 45.6 Å². The zero-order valence-electron chi connectivity index (χ0n) is 15.3. The summed E-state index contributed by atoms with van der Waals surface area (Å²) in [6, 6.07) is 9.82. The average molecular weight is 341 g/mol. The molecule has 1 heterocycles. The highest BCUT2D eigenvalue weighted by Crippen LogP contribution is 2.52. The Kier molecular flexibility index (Phi) is 4.72. The molecule has 0 spiro atoms. The number of amides is 1. The Morgan fingerprint density at radius 2 is 1.92 bits per heavy atom. The van der Waals surface area contributed by atoms with Gasteiger partial charge in [-0.3, -0.25) is 4.79 Å². The fraction of sp³-hybridized carbons (Fsp3) is 0.524. The smallest absolute Gasteiger partial charge is 0.331 e. The van der Waals surface area contributed by atoms with Crippen molar-refractivity contribution < 1.29 is 14.3 Å². The Labute approximate surface area is 149 Å². The van der Waals surface area contributed by atoms with E-state index in [4.69, 9.17) is 4.74 Å². The summed E-state index contributed by atoms with van der Waals surface area (Å²) >= 11 is 0. The van der Waals surface area contributed by atoms with E-state index in [0.29, 0.717) is 0 Å². The van der Waals surface area contributed by atoms with Gasteiger partial charge >= 0.3 is 5.97 Å². The molecule has 2 atom stereocenters. The van der Waals surface area contributed by atoms with Crippen LogP contribution in [0.2, 0.25) is 0 Å². The van der Waals surface area contributed by atoms with Crippen LogP contribution in [-0.2, 0) is 14.3 Å². The predicted octanol–water partition coefficient (Wildman–Crippen LogP) is 3.67. The van der Waals surface area contributed by atoms with Gasteiger partial charge in [0.1, 0.15) is 0 Å². The minimum absolute atomic E-state index is 0.0760. The Balaban J connectivity index is 1.53. The normalized spacial score (nSPS) is 27.5. The van der Waals surface area contributed by atoms with Gasteiger partial charge in [0, 0.05) is 18.7 Å². The molecule has 0 N–H and O–H groups in total. The van der Waals surface area contributed by atoms with Crippen LogP contribution >= 0.6 is 0 Å². The summed E-state index contributed by atoms with van der Waals surface area (Å²) in [5.41, 5.74) is 1.38. The maximum absolute atomic E-state index is 12.5. The van der Waals surface area contributed by atoms with Crippen LogP contribution in [0.4, 0.5) is 0 Å². The van der Waals surface area contributed by atoms with Gasteiger partial charge in [-0.2, -0.15) is 0 Å². The van der Waals surface area contributed by atoms with Crippen LogP contribution in [0.15, 0.2) is 36.4 Å². The largest absolute Gasteiger partial charge is 0.452 e. The molecule has 1 aliphatic carbocycles. The first-order chi connectivity index (χ1) is 11.8. The highest BCUT2D eigenvalue weighted by atomic mass is 16.5. The number of hydrogen-bond acceptors (Lipinski definition) is 3. The second-order valence-electron chi connectivity index (χ2n) is 8.59. The number of nitrogens with zero attached hydrogens (tertiary/aromatic N) is 1. The standard InChI is InChI=1S/C21H27NO3/c1-20(2)11-17-12-21(3,14-20)15-22(17)18(23)13-25-19(24)10-9-16-7-5-4-6-8-16/h4-10,17H,11-15H2,1-3H3. The molecule has 1 saturated heterocycles. The predicted molar refractivity (Wildman–Crippen MR) is 97.7 cm³/mol. The molecule has 1 aromatic carbocycles. The van der Waals surface area contributed by atoms with E-state index in [-0.39, 0.29) is 29.4 Å². The van der Waals surface area contributed by atoms with Gasteiger partial charge in [-0.25, -0.2) is 4.79 Å². The number of benzene rings is 1. The molecule has 0 radical (unpaired) electrons. The lowest BCUT2D eigenvalue weighted by Gasteiger charge is -2.39. The van der Waals surface area contributed by atoms with E-state index in [1.54, 1.807) is 6.08 Å². The zero-order chi connectivity index (χ0) is 18.1. The number of esters is 1. The highest BCUT2D eigenvalue weighted by Gasteiger charge is 2.50. The molecular weight excluding hydrogens is 314 g/mol. The first-order valence-electron chi connectivity index (χ1n) is 8.96. The molecule has 4 heteroatoms. The van der Waals surface area contributed by atoms with Crippen LogP contribution in [-0.4, -0.2) is 36.0 Å². The first-order valence-corrected chi connectivity index (χ1v) is 8.96. The second kappa shape index (κ2) is 6.66. The third-order valence-corrected chi connectivity index (χ3v) is 5.28. The fourth-order valence-corrected chi connectivity index (χ4v) is 4.74. The monoisotopic (exact) mass is 341 g/mol. The van der Waals surface area contributed by atoms with Gasteiger partial charge in [0.25, 0.3) is 5.91 Å². The van der Waals surface area contributed by atoms with Crippen LogP contribution in [0.5, 0.6) is 0 Å². The Bertz CT molecular complexity index is 680. The van der Waals surface area contributed by atoms with Crippen molar-refractivity contribution in [3.05, 3.63) is 42.0 Å². The molecule has 2 aliphatic rings. The van der Waals surface area contributed by atoms with Gasteiger partial charge < -0.3 is 9.64 Å². The van der Waals surface area contributed by atoms with Crippen LogP contribution in [0, 0.1) is 10.8 Å². The number of fused-ring (bicyclic) bond motifs is 2. The van der Waals surface area contributed by atoms with Gasteiger partial charge in [-0.05, 0) is 41.7 Å². The molecule has 25 heavy (non-hydrogen) atoms. The third kappa shape index (κ3) is 4.30. The molecule has 134 valence electrons. The van der Waals surface area contributed by atoms with Crippen LogP contribution in [0.25, 0.3) is 6.08 Å². The maximum atomic E-state index is 12.5. The minimum Gasteiger partial charge on any atom is -0.452 e. The van der Waals surface area contributed by atoms with Gasteiger partial charge in [0.2, 0.25) is 0 Å². The number of carbonyl (C=O) groups is 2. The SMILES string of the molecule is CC1(C)CC2CC(C)(CN2C(=O)COC(=O)C=Cc2ccccc2)C1. The minimum atomic E-state index is -0.481. The number of rotatable bonds is 4. The van der Waals surface area contributed by atoms with E-state index in [0.717, 1.165) is 31.4 Å². The molecule has 4 nitrogen and oxygen atoms in total. The molecule has 1 aliphatic heterocycles. The summed E-state index contributed by atoms with van der Waals surface area (Å²) in [5, 5.41) is 0. The quantitative estimate of drug-likeness (QED) is 0.620. The van der Waals surface area contributed by atoms with Crippen molar-refractivity contribution in [2.24, 2.45) is 10.8 Å². The molecule has 1 saturated carbocycles. The molecule has 2 unspecified atom stereocenters. The van der Waals surface area contributed by atoms with E-state index >= 15 is 0 Å². The lowest BCUT2D eigenvalue weighted by molar-refractivity contribution is -0.148. The number of hydrogen-bond donors (Lipinski definition) is 0. The second-order valence-corrected chi connectivity index (χ2v) is 8.59. The Morgan fingerprint density at radius 3 is 2.64 bits per heavy atom. The van der Waals surface area contributed by atoms with Gasteiger partial charge in [0.05, 0.1) is 0 Å². The Morgan fingerprint density at radius 1 is 1.20 bits per heavy atom. The van der Waals surface area contributed by atoms with Crippen molar-refractivity contribution in [3.63, 3.8) is 0 Å². The topological polar surface area (TPSA) is 46.6 Å². The van der Waals surface area contributed by atoms with E-state index in [9.17, 15) is 9.59 Å². The zero-order valence-corrected chi connectivity index (χ0v) is 15.3. The van der Waals surface area contributed by atoms with Crippen molar-refractivity contribution in [2.45, 2.75) is 46.1 Å². The molecule has 1 amide bonds. The van der Waals surface area contributed by atoms with Crippen LogP contribution < -0.4 is 0 Å². The molecule has 2 bridgehead atoms. The summed E-state index contributed by atoms with van der Waals surface area (Å²) in [6.07, 6.45) is 6.29. The summed E-state index contributed by atoms with van der Waals surface area (Å²) in [4.78, 5) is 26.3. The third-order valence-electron chi connectivity index (χ3n) is 5.28. The van der Waals surface area contributed by atoms with Crippen molar-refractivity contribution in [3.8, 4) is 0 Å². The number of carbonyl (C=O) groups excluding carboxylic acids is 2. The number of ether oxygens (including phenoxy) is 1. The van der Waals surface area contributed by atoms with Crippen molar-refractivity contribution in [2.75, 3.05) is 13.2 Å². The van der Waals surface area contributed by atoms with Crippen molar-refractivity contribution >= 4 is 18.0 Å². The van der Waals surface area contributed by atoms with Crippen molar-refractivity contribution in [1.82, 2.24) is 4.90 Å². The highest BCUT2D eigenvalue weighted by molar-refractivity contribution is 5.89. The van der Waals surface area contributed by atoms with Crippen LogP contribution in [0.3, 0.4) is 0 Å². The summed E-state index contributed by atoms with van der Waals surface area (Å²) in [7, 11) is 0. The van der Waals surface area contributed by atoms with E-state index in [2.05, 4.69) is 20.8 Å². The summed E-state index contributed by atoms with van der Waals surface area (Å²) in [6.45, 7) is 7.42. The molecule has 3 rings (SSSR count). The lowest BCUT2D eigenvalue weighted by atomic mass is 9.65. The summed E-state index contributed by atoms with van der Waals surface area (Å²) < 4.78 is 5.15. The maximum Gasteiger partial charge on any atom is 0.331 e. The molecule has 1 aromatic rings. The average Bonchev–Trinajstić information content (AvgIpc) is 2.80. The molecule has 2 fully saturated rings. The fourth-order valence-electron chi connectivity index (χ4n) is 4.74. The molecule has 0 aromatic heterocycles. The van der Waals surface area contributed by atoms with Crippen molar-refractivity contribution in [1.29, 1.82) is 0 Å².